The summed E-state index contributed by atoms with van der Waals surface area (Å²) in [4.78, 5) is 13.0. The zero-order chi connectivity index (χ0) is 22.6. The minimum atomic E-state index is 0.256. The van der Waals surface area contributed by atoms with Gasteiger partial charge in [-0.3, -0.25) is 4.90 Å². The summed E-state index contributed by atoms with van der Waals surface area (Å²) >= 11 is 0. The van der Waals surface area contributed by atoms with Crippen LogP contribution in [0.5, 0.6) is 5.75 Å². The third-order valence-corrected chi connectivity index (χ3v) is 5.36. The minimum absolute atomic E-state index is 0.256. The Hall–Kier alpha value is -4.10. The van der Waals surface area contributed by atoms with Gasteiger partial charge < -0.3 is 23.0 Å². The molecule has 0 amide bonds. The molecule has 1 fully saturated rings. The van der Waals surface area contributed by atoms with Crippen molar-refractivity contribution in [3.05, 3.63) is 54.2 Å². The van der Waals surface area contributed by atoms with E-state index in [4.69, 9.17) is 18.1 Å². The number of piperazine rings is 1. The highest BCUT2D eigenvalue weighted by Crippen LogP contribution is 2.29. The van der Waals surface area contributed by atoms with Gasteiger partial charge in [0.25, 0.3) is 5.89 Å². The van der Waals surface area contributed by atoms with Gasteiger partial charge in [-0.25, -0.2) is 0 Å². The molecule has 4 aromatic rings. The molecule has 168 valence electrons. The second-order valence-corrected chi connectivity index (χ2v) is 7.49. The molecule has 0 bridgehead atoms. The van der Waals surface area contributed by atoms with Crippen LogP contribution >= 0.6 is 0 Å². The Morgan fingerprint density at radius 1 is 1.09 bits per heavy atom. The Balaban J connectivity index is 1.20. The summed E-state index contributed by atoms with van der Waals surface area (Å²) < 4.78 is 22.1. The standard InChI is InChI=1S/C23H22N6O4/c1-2-30-17-7-5-16(6-8-17)21-26-20(33-27-21)15-28-9-11-29(12-10-28)23-18(14-24)25-22(32-23)19-4-3-13-31-19/h3-8,13H,2,9-12,15H2,1H3. The lowest BCUT2D eigenvalue weighted by Gasteiger charge is -2.33. The largest absolute Gasteiger partial charge is 0.494 e. The van der Waals surface area contributed by atoms with Crippen LogP contribution in [0.3, 0.4) is 0 Å². The van der Waals surface area contributed by atoms with Gasteiger partial charge in [-0.1, -0.05) is 5.16 Å². The van der Waals surface area contributed by atoms with Gasteiger partial charge in [-0.15, -0.1) is 0 Å². The van der Waals surface area contributed by atoms with Crippen LogP contribution in [0.15, 0.2) is 56.0 Å². The predicted octanol–water partition coefficient (Wildman–Crippen LogP) is 3.58. The Labute approximate surface area is 190 Å². The second kappa shape index (κ2) is 9.18. The maximum atomic E-state index is 9.47. The van der Waals surface area contributed by atoms with Crippen molar-refractivity contribution < 1.29 is 18.1 Å². The highest BCUT2D eigenvalue weighted by atomic mass is 16.5. The Kier molecular flexibility index (Phi) is 5.78. The van der Waals surface area contributed by atoms with Crippen molar-refractivity contribution in [1.29, 1.82) is 5.26 Å². The third-order valence-electron chi connectivity index (χ3n) is 5.36. The van der Waals surface area contributed by atoms with Crippen LogP contribution in [0.1, 0.15) is 18.5 Å². The Morgan fingerprint density at radius 2 is 1.91 bits per heavy atom. The quantitative estimate of drug-likeness (QED) is 0.417. The van der Waals surface area contributed by atoms with E-state index in [9.17, 15) is 5.26 Å². The van der Waals surface area contributed by atoms with Crippen molar-refractivity contribution in [2.75, 3.05) is 37.7 Å². The predicted molar refractivity (Wildman–Crippen MR) is 117 cm³/mol. The normalized spacial score (nSPS) is 14.4. The van der Waals surface area contributed by atoms with Crippen molar-refractivity contribution in [2.24, 2.45) is 0 Å². The Morgan fingerprint density at radius 3 is 2.61 bits per heavy atom. The average molecular weight is 446 g/mol. The number of hydrogen-bond acceptors (Lipinski definition) is 10. The van der Waals surface area contributed by atoms with Gasteiger partial charge in [0.05, 0.1) is 19.4 Å². The molecular weight excluding hydrogens is 424 g/mol. The molecule has 10 heteroatoms. The first kappa shape index (κ1) is 20.8. The van der Waals surface area contributed by atoms with Crippen molar-refractivity contribution in [3.8, 4) is 34.9 Å². The molecule has 0 unspecified atom stereocenters. The fourth-order valence-electron chi connectivity index (χ4n) is 3.71. The van der Waals surface area contributed by atoms with Gasteiger partial charge >= 0.3 is 0 Å². The zero-order valence-corrected chi connectivity index (χ0v) is 18.1. The molecule has 1 aliphatic heterocycles. The van der Waals surface area contributed by atoms with Crippen LogP contribution in [-0.2, 0) is 6.54 Å². The molecule has 0 saturated carbocycles. The number of furan rings is 1. The fraction of sp³-hybridized carbons (Fsp3) is 0.304. The highest BCUT2D eigenvalue weighted by molar-refractivity contribution is 5.56. The fourth-order valence-corrected chi connectivity index (χ4v) is 3.71. The van der Waals surface area contributed by atoms with Gasteiger partial charge in [0.2, 0.25) is 23.3 Å². The Bertz CT molecular complexity index is 1230. The number of anilines is 1. The maximum Gasteiger partial charge on any atom is 0.266 e. The first-order valence-corrected chi connectivity index (χ1v) is 10.7. The summed E-state index contributed by atoms with van der Waals surface area (Å²) in [5.74, 6) is 3.20. The van der Waals surface area contributed by atoms with Gasteiger partial charge in [-0.2, -0.15) is 15.2 Å². The van der Waals surface area contributed by atoms with Crippen LogP contribution in [0.2, 0.25) is 0 Å². The molecule has 0 aliphatic carbocycles. The number of aromatic nitrogens is 3. The molecule has 0 N–H and O–H groups in total. The monoisotopic (exact) mass is 446 g/mol. The summed E-state index contributed by atoms with van der Waals surface area (Å²) in [5, 5.41) is 13.6. The lowest BCUT2D eigenvalue weighted by atomic mass is 10.2. The molecular formula is C23H22N6O4. The third kappa shape index (κ3) is 4.44. The van der Waals surface area contributed by atoms with E-state index in [-0.39, 0.29) is 5.69 Å². The maximum absolute atomic E-state index is 9.47. The van der Waals surface area contributed by atoms with E-state index < -0.39 is 0 Å². The molecule has 4 heterocycles. The van der Waals surface area contributed by atoms with Gasteiger partial charge in [0.1, 0.15) is 11.8 Å². The average Bonchev–Trinajstić information content (AvgIpc) is 3.61. The lowest BCUT2D eigenvalue weighted by molar-refractivity contribution is 0.213. The lowest BCUT2D eigenvalue weighted by Crippen LogP contribution is -2.46. The molecule has 1 aromatic carbocycles. The summed E-state index contributed by atoms with van der Waals surface area (Å²) in [5.41, 5.74) is 1.13. The van der Waals surface area contributed by atoms with Crippen molar-refractivity contribution in [3.63, 3.8) is 0 Å². The van der Waals surface area contributed by atoms with Crippen molar-refractivity contribution in [1.82, 2.24) is 20.0 Å². The molecule has 0 radical (unpaired) electrons. The number of hydrogen-bond donors (Lipinski definition) is 0. The van der Waals surface area contributed by atoms with Crippen LogP contribution in [-0.4, -0.2) is 52.8 Å². The van der Waals surface area contributed by atoms with E-state index in [0.29, 0.717) is 55.5 Å². The van der Waals surface area contributed by atoms with Crippen molar-refractivity contribution in [2.45, 2.75) is 13.5 Å². The SMILES string of the molecule is CCOc1ccc(-c2noc(CN3CCN(c4oc(-c5ccco5)nc4C#N)CC3)n2)cc1. The van der Waals surface area contributed by atoms with Gasteiger partial charge in [-0.05, 0) is 43.3 Å². The molecule has 5 rings (SSSR count). The first-order valence-electron chi connectivity index (χ1n) is 10.7. The first-order chi connectivity index (χ1) is 16.2. The smallest absolute Gasteiger partial charge is 0.266 e. The van der Waals surface area contributed by atoms with Crippen LogP contribution in [0.25, 0.3) is 23.0 Å². The molecule has 1 saturated heterocycles. The van der Waals surface area contributed by atoms with E-state index in [1.807, 2.05) is 36.1 Å². The van der Waals surface area contributed by atoms with E-state index in [1.54, 1.807) is 18.4 Å². The molecule has 0 spiro atoms. The second-order valence-electron chi connectivity index (χ2n) is 7.49. The molecule has 1 aliphatic rings. The van der Waals surface area contributed by atoms with E-state index >= 15 is 0 Å². The van der Waals surface area contributed by atoms with E-state index in [2.05, 4.69) is 26.1 Å². The number of rotatable bonds is 7. The molecule has 10 nitrogen and oxygen atoms in total. The number of nitrogens with zero attached hydrogens (tertiary/aromatic N) is 6. The van der Waals surface area contributed by atoms with Crippen molar-refractivity contribution >= 4 is 5.88 Å². The minimum Gasteiger partial charge on any atom is -0.494 e. The molecule has 33 heavy (non-hydrogen) atoms. The van der Waals surface area contributed by atoms with Crippen LogP contribution < -0.4 is 9.64 Å². The number of ether oxygens (including phenoxy) is 1. The van der Waals surface area contributed by atoms with E-state index in [0.717, 1.165) is 24.4 Å². The summed E-state index contributed by atoms with van der Waals surface area (Å²) in [7, 11) is 0. The van der Waals surface area contributed by atoms with E-state index in [1.165, 1.54) is 0 Å². The summed E-state index contributed by atoms with van der Waals surface area (Å²) in [6.45, 7) is 5.99. The zero-order valence-electron chi connectivity index (χ0n) is 18.1. The topological polar surface area (TPSA) is 118 Å². The number of oxazole rings is 1. The highest BCUT2D eigenvalue weighted by Gasteiger charge is 2.26. The van der Waals surface area contributed by atoms with Gasteiger partial charge in [0, 0.05) is 31.7 Å². The molecule has 0 atom stereocenters. The summed E-state index contributed by atoms with van der Waals surface area (Å²) in [6.07, 6.45) is 1.54. The van der Waals surface area contributed by atoms with Gasteiger partial charge in [0.15, 0.2) is 5.76 Å². The van der Waals surface area contributed by atoms with Crippen LogP contribution in [0.4, 0.5) is 5.88 Å². The number of benzene rings is 1. The summed E-state index contributed by atoms with van der Waals surface area (Å²) in [6, 6.07) is 13.2. The number of nitriles is 1. The molecule has 3 aromatic heterocycles. The van der Waals surface area contributed by atoms with Crippen LogP contribution in [0, 0.1) is 11.3 Å².